The number of methoxy groups -OCH3 is 1. The van der Waals surface area contributed by atoms with Crippen molar-refractivity contribution in [3.05, 3.63) is 83.4 Å². The summed E-state index contributed by atoms with van der Waals surface area (Å²) in [4.78, 5) is 11.4. The summed E-state index contributed by atoms with van der Waals surface area (Å²) in [5, 5.41) is 3.26. The summed E-state index contributed by atoms with van der Waals surface area (Å²) >= 11 is 0. The molecule has 4 nitrogen and oxygen atoms in total. The van der Waals surface area contributed by atoms with E-state index in [2.05, 4.69) is 10.1 Å². The Morgan fingerprint density at radius 2 is 1.72 bits per heavy atom. The maximum atomic E-state index is 12.9. The number of carbonyl (C=O) groups excluding carboxylic acids is 1. The zero-order chi connectivity index (χ0) is 17.6. The maximum absolute atomic E-state index is 12.9. The highest BCUT2D eigenvalue weighted by Crippen LogP contribution is 2.23. The van der Waals surface area contributed by atoms with Gasteiger partial charge >= 0.3 is 5.97 Å². The third kappa shape index (κ3) is 4.33. The van der Waals surface area contributed by atoms with Gasteiger partial charge in [-0.3, -0.25) is 0 Å². The van der Waals surface area contributed by atoms with Crippen molar-refractivity contribution in [3.63, 3.8) is 0 Å². The molecule has 3 rings (SSSR count). The highest BCUT2D eigenvalue weighted by Gasteiger charge is 2.08. The molecule has 0 saturated carbocycles. The molecule has 0 fully saturated rings. The summed E-state index contributed by atoms with van der Waals surface area (Å²) in [6.45, 7) is 1.20. The summed E-state index contributed by atoms with van der Waals surface area (Å²) in [6.07, 6.45) is 0. The van der Waals surface area contributed by atoms with Gasteiger partial charge in [-0.1, -0.05) is 24.3 Å². The van der Waals surface area contributed by atoms with E-state index in [1.165, 1.54) is 19.2 Å². The first kappa shape index (κ1) is 16.9. The highest BCUT2D eigenvalue weighted by atomic mass is 19.1. The first-order valence-corrected chi connectivity index (χ1v) is 7.88. The molecule has 0 amide bonds. The molecule has 1 heterocycles. The minimum Gasteiger partial charge on any atom is -0.465 e. The lowest BCUT2D eigenvalue weighted by Crippen LogP contribution is -2.11. The quantitative estimate of drug-likeness (QED) is 0.685. The van der Waals surface area contributed by atoms with Crippen LogP contribution in [0, 0.1) is 5.82 Å². The van der Waals surface area contributed by atoms with Crippen molar-refractivity contribution in [2.24, 2.45) is 0 Å². The molecule has 3 aromatic rings. The minimum absolute atomic E-state index is 0.238. The average Bonchev–Trinajstić information content (AvgIpc) is 3.12. The number of rotatable bonds is 6. The van der Waals surface area contributed by atoms with Gasteiger partial charge in [0, 0.05) is 12.1 Å². The number of esters is 1. The first-order chi connectivity index (χ1) is 12.2. The Morgan fingerprint density at radius 1 is 1.00 bits per heavy atom. The van der Waals surface area contributed by atoms with E-state index >= 15 is 0 Å². The van der Waals surface area contributed by atoms with Gasteiger partial charge in [0.2, 0.25) is 0 Å². The van der Waals surface area contributed by atoms with Crippen molar-refractivity contribution < 1.29 is 18.3 Å². The molecule has 2 aromatic carbocycles. The number of halogens is 1. The normalized spacial score (nSPS) is 10.6. The van der Waals surface area contributed by atoms with E-state index in [0.29, 0.717) is 18.7 Å². The Bertz CT molecular complexity index is 838. The summed E-state index contributed by atoms with van der Waals surface area (Å²) in [7, 11) is 1.36. The van der Waals surface area contributed by atoms with Gasteiger partial charge in [-0.05, 0) is 42.0 Å². The van der Waals surface area contributed by atoms with Gasteiger partial charge in [0.1, 0.15) is 17.3 Å². The van der Waals surface area contributed by atoms with E-state index in [0.717, 1.165) is 22.6 Å². The predicted octanol–water partition coefficient (Wildman–Crippen LogP) is 4.16. The average molecular weight is 339 g/mol. The third-order valence-electron chi connectivity index (χ3n) is 3.79. The van der Waals surface area contributed by atoms with Crippen LogP contribution >= 0.6 is 0 Å². The molecule has 0 bridgehead atoms. The molecule has 128 valence electrons. The SMILES string of the molecule is COC(=O)c1ccc(-c2ccc(CNCc3ccc(F)cc3)o2)cc1. The van der Waals surface area contributed by atoms with Crippen LogP contribution in [0.1, 0.15) is 21.7 Å². The summed E-state index contributed by atoms with van der Waals surface area (Å²) in [5.74, 6) is 0.929. The van der Waals surface area contributed by atoms with Crippen molar-refractivity contribution in [1.82, 2.24) is 5.32 Å². The Balaban J connectivity index is 1.58. The number of ether oxygens (including phenoxy) is 1. The van der Waals surface area contributed by atoms with E-state index in [9.17, 15) is 9.18 Å². The Hall–Kier alpha value is -2.92. The van der Waals surface area contributed by atoms with Gasteiger partial charge in [-0.15, -0.1) is 0 Å². The number of benzene rings is 2. The van der Waals surface area contributed by atoms with E-state index in [1.54, 1.807) is 24.3 Å². The highest BCUT2D eigenvalue weighted by molar-refractivity contribution is 5.89. The van der Waals surface area contributed by atoms with E-state index in [-0.39, 0.29) is 11.8 Å². The van der Waals surface area contributed by atoms with Crippen LogP contribution in [0.2, 0.25) is 0 Å². The molecule has 5 heteroatoms. The molecule has 0 aliphatic heterocycles. The van der Waals surface area contributed by atoms with Gasteiger partial charge in [0.25, 0.3) is 0 Å². The second-order valence-electron chi connectivity index (χ2n) is 5.56. The Kier molecular flexibility index (Phi) is 5.26. The van der Waals surface area contributed by atoms with Crippen LogP contribution in [0.5, 0.6) is 0 Å². The third-order valence-corrected chi connectivity index (χ3v) is 3.79. The minimum atomic E-state index is -0.364. The lowest BCUT2D eigenvalue weighted by molar-refractivity contribution is 0.0600. The van der Waals surface area contributed by atoms with Gasteiger partial charge in [-0.25, -0.2) is 9.18 Å². The molecule has 0 aliphatic rings. The van der Waals surface area contributed by atoms with Crippen molar-refractivity contribution in [1.29, 1.82) is 0 Å². The molecule has 0 spiro atoms. The van der Waals surface area contributed by atoms with Gasteiger partial charge in [0.05, 0.1) is 19.2 Å². The van der Waals surface area contributed by atoms with E-state index in [1.807, 2.05) is 24.3 Å². The molecular weight excluding hydrogens is 321 g/mol. The van der Waals surface area contributed by atoms with Crippen LogP contribution in [0.25, 0.3) is 11.3 Å². The number of hydrogen-bond acceptors (Lipinski definition) is 4. The molecule has 0 radical (unpaired) electrons. The zero-order valence-electron chi connectivity index (χ0n) is 13.8. The molecule has 0 atom stereocenters. The summed E-state index contributed by atoms with van der Waals surface area (Å²) in [6, 6.07) is 17.2. The van der Waals surface area contributed by atoms with Crippen LogP contribution in [0.4, 0.5) is 4.39 Å². The smallest absolute Gasteiger partial charge is 0.337 e. The maximum Gasteiger partial charge on any atom is 0.337 e. The summed E-state index contributed by atoms with van der Waals surface area (Å²) < 4.78 is 23.4. The first-order valence-electron chi connectivity index (χ1n) is 7.88. The fourth-order valence-electron chi connectivity index (χ4n) is 2.45. The van der Waals surface area contributed by atoms with Crippen LogP contribution in [-0.2, 0) is 17.8 Å². The van der Waals surface area contributed by atoms with Gasteiger partial charge in [0.15, 0.2) is 0 Å². The lowest BCUT2D eigenvalue weighted by Gasteiger charge is -2.03. The van der Waals surface area contributed by atoms with Crippen LogP contribution in [0.15, 0.2) is 65.1 Å². The topological polar surface area (TPSA) is 51.5 Å². The molecule has 0 aliphatic carbocycles. The number of furan rings is 1. The van der Waals surface area contributed by atoms with Gasteiger partial charge < -0.3 is 14.5 Å². The second-order valence-corrected chi connectivity index (χ2v) is 5.56. The number of nitrogens with one attached hydrogen (secondary N) is 1. The summed E-state index contributed by atoms with van der Waals surface area (Å²) in [5.41, 5.74) is 2.39. The van der Waals surface area contributed by atoms with Crippen molar-refractivity contribution in [2.75, 3.05) is 7.11 Å². The van der Waals surface area contributed by atoms with Crippen LogP contribution in [0.3, 0.4) is 0 Å². The van der Waals surface area contributed by atoms with Crippen molar-refractivity contribution >= 4 is 5.97 Å². The molecular formula is C20H18FNO3. The van der Waals surface area contributed by atoms with Crippen LogP contribution < -0.4 is 5.32 Å². The van der Waals surface area contributed by atoms with Crippen molar-refractivity contribution in [2.45, 2.75) is 13.1 Å². The standard InChI is InChI=1S/C20H18FNO3/c1-24-20(23)16-6-4-15(5-7-16)19-11-10-18(25-19)13-22-12-14-2-8-17(21)9-3-14/h2-11,22H,12-13H2,1H3. The molecule has 1 N–H and O–H groups in total. The predicted molar refractivity (Wildman–Crippen MR) is 92.4 cm³/mol. The molecule has 0 saturated heterocycles. The number of carbonyl (C=O) groups is 1. The second kappa shape index (κ2) is 7.77. The fourth-order valence-corrected chi connectivity index (χ4v) is 2.45. The monoisotopic (exact) mass is 339 g/mol. The fraction of sp³-hybridized carbons (Fsp3) is 0.150. The molecule has 0 unspecified atom stereocenters. The lowest BCUT2D eigenvalue weighted by atomic mass is 10.1. The zero-order valence-corrected chi connectivity index (χ0v) is 13.8. The molecule has 1 aromatic heterocycles. The van der Waals surface area contributed by atoms with E-state index < -0.39 is 0 Å². The Morgan fingerprint density at radius 3 is 2.40 bits per heavy atom. The number of hydrogen-bond donors (Lipinski definition) is 1. The Labute approximate surface area is 145 Å². The van der Waals surface area contributed by atoms with E-state index in [4.69, 9.17) is 4.42 Å². The van der Waals surface area contributed by atoms with Crippen LogP contribution in [-0.4, -0.2) is 13.1 Å². The largest absolute Gasteiger partial charge is 0.465 e. The molecule has 25 heavy (non-hydrogen) atoms. The van der Waals surface area contributed by atoms with Gasteiger partial charge in [-0.2, -0.15) is 0 Å². The van der Waals surface area contributed by atoms with Crippen molar-refractivity contribution in [3.8, 4) is 11.3 Å².